The van der Waals surface area contributed by atoms with Gasteiger partial charge in [0.25, 0.3) is 11.5 Å². The van der Waals surface area contributed by atoms with Crippen LogP contribution in [0.4, 0.5) is 4.39 Å². The Bertz CT molecular complexity index is 728. The molecule has 1 fully saturated rings. The van der Waals surface area contributed by atoms with Crippen LogP contribution in [0.1, 0.15) is 29.3 Å². The minimum Gasteiger partial charge on any atom is -0.479 e. The monoisotopic (exact) mass is 397 g/mol. The molecule has 1 aromatic carbocycles. The van der Waals surface area contributed by atoms with Crippen LogP contribution in [0.3, 0.4) is 0 Å². The summed E-state index contributed by atoms with van der Waals surface area (Å²) in [7, 11) is 3.13. The number of amides is 1. The van der Waals surface area contributed by atoms with Crippen molar-refractivity contribution in [1.82, 2.24) is 4.90 Å². The average Bonchev–Trinajstić information content (AvgIpc) is 2.95. The number of nitrogens with zero attached hydrogens (tertiary/aromatic N) is 1. The van der Waals surface area contributed by atoms with Gasteiger partial charge in [-0.1, -0.05) is 12.1 Å². The maximum atomic E-state index is 13.6. The van der Waals surface area contributed by atoms with Crippen LogP contribution < -0.4 is 0 Å². The van der Waals surface area contributed by atoms with Crippen molar-refractivity contribution in [3.05, 3.63) is 35.4 Å². The van der Waals surface area contributed by atoms with Gasteiger partial charge in [0.05, 0.1) is 18.8 Å². The number of ether oxygens (including phenoxy) is 2. The fourth-order valence-electron chi connectivity index (χ4n) is 3.01. The van der Waals surface area contributed by atoms with Gasteiger partial charge >= 0.3 is 11.9 Å². The summed E-state index contributed by atoms with van der Waals surface area (Å²) in [4.78, 5) is 37.1. The SMILES string of the molecule is CC1OC(COC(Cc2cccc(C(=O)N(C)C)c2)(C(=O)O)C(=O)O)CC1F. The lowest BCUT2D eigenvalue weighted by Crippen LogP contribution is -2.52. The van der Waals surface area contributed by atoms with Crippen LogP contribution in [0.15, 0.2) is 24.3 Å². The number of halogens is 1. The molecule has 2 rings (SSSR count). The van der Waals surface area contributed by atoms with E-state index >= 15 is 0 Å². The highest BCUT2D eigenvalue weighted by Crippen LogP contribution is 2.26. The highest BCUT2D eigenvalue weighted by molar-refractivity contribution is 6.02. The Kier molecular flexibility index (Phi) is 6.73. The van der Waals surface area contributed by atoms with Crippen LogP contribution >= 0.6 is 0 Å². The topological polar surface area (TPSA) is 113 Å². The van der Waals surface area contributed by atoms with E-state index in [2.05, 4.69) is 0 Å². The predicted molar refractivity (Wildman–Crippen MR) is 96.0 cm³/mol. The summed E-state index contributed by atoms with van der Waals surface area (Å²) >= 11 is 0. The van der Waals surface area contributed by atoms with Crippen molar-refractivity contribution in [3.63, 3.8) is 0 Å². The molecule has 0 radical (unpaired) electrons. The third-order valence-corrected chi connectivity index (χ3v) is 4.64. The van der Waals surface area contributed by atoms with Crippen molar-refractivity contribution < 1.29 is 38.5 Å². The number of aliphatic carboxylic acids is 2. The molecule has 1 saturated heterocycles. The molecule has 0 saturated carbocycles. The Hall–Kier alpha value is -2.52. The summed E-state index contributed by atoms with van der Waals surface area (Å²) < 4.78 is 24.2. The third-order valence-electron chi connectivity index (χ3n) is 4.64. The lowest BCUT2D eigenvalue weighted by atomic mass is 9.93. The summed E-state index contributed by atoms with van der Waals surface area (Å²) in [5.74, 6) is -3.68. The van der Waals surface area contributed by atoms with Crippen LogP contribution in [0, 0.1) is 0 Å². The Balaban J connectivity index is 2.24. The summed E-state index contributed by atoms with van der Waals surface area (Å²) in [5, 5.41) is 19.2. The second-order valence-electron chi connectivity index (χ2n) is 7.04. The van der Waals surface area contributed by atoms with E-state index < -0.39 is 42.3 Å². The zero-order valence-electron chi connectivity index (χ0n) is 15.9. The number of alkyl halides is 1. The first-order valence-electron chi connectivity index (χ1n) is 8.77. The van der Waals surface area contributed by atoms with Crippen molar-refractivity contribution >= 4 is 17.8 Å². The summed E-state index contributed by atoms with van der Waals surface area (Å²) in [6.07, 6.45) is -3.11. The number of hydrogen-bond donors (Lipinski definition) is 2. The van der Waals surface area contributed by atoms with Gasteiger partial charge in [-0.2, -0.15) is 0 Å². The van der Waals surface area contributed by atoms with Crippen LogP contribution in [-0.4, -0.2) is 77.6 Å². The smallest absolute Gasteiger partial charge is 0.348 e. The zero-order valence-corrected chi connectivity index (χ0v) is 15.9. The van der Waals surface area contributed by atoms with E-state index in [1.807, 2.05) is 0 Å². The predicted octanol–water partition coefficient (Wildman–Crippen LogP) is 1.37. The van der Waals surface area contributed by atoms with Crippen molar-refractivity contribution in [2.75, 3.05) is 20.7 Å². The molecule has 28 heavy (non-hydrogen) atoms. The molecular formula is C19H24FNO7. The maximum Gasteiger partial charge on any atom is 0.348 e. The van der Waals surface area contributed by atoms with E-state index in [-0.39, 0.29) is 18.9 Å². The zero-order chi connectivity index (χ0) is 21.1. The van der Waals surface area contributed by atoms with Crippen LogP contribution in [0.2, 0.25) is 0 Å². The van der Waals surface area contributed by atoms with Gasteiger partial charge in [-0.05, 0) is 24.6 Å². The molecule has 1 aliphatic heterocycles. The van der Waals surface area contributed by atoms with Crippen LogP contribution in [-0.2, 0) is 25.5 Å². The van der Waals surface area contributed by atoms with Gasteiger partial charge in [0.2, 0.25) is 0 Å². The fourth-order valence-corrected chi connectivity index (χ4v) is 3.01. The number of carbonyl (C=O) groups excluding carboxylic acids is 1. The number of rotatable bonds is 8. The number of carboxylic acid groups (broad SMARTS) is 2. The number of carboxylic acids is 2. The second-order valence-corrected chi connectivity index (χ2v) is 7.04. The molecule has 1 aliphatic rings. The molecule has 9 heteroatoms. The summed E-state index contributed by atoms with van der Waals surface area (Å²) in [6, 6.07) is 6.03. The van der Waals surface area contributed by atoms with Gasteiger partial charge in [0.15, 0.2) is 0 Å². The first kappa shape index (κ1) is 21.8. The van der Waals surface area contributed by atoms with E-state index in [0.29, 0.717) is 11.1 Å². The molecule has 154 valence electrons. The minimum atomic E-state index is -2.58. The van der Waals surface area contributed by atoms with Crippen LogP contribution in [0.25, 0.3) is 0 Å². The number of benzene rings is 1. The molecular weight excluding hydrogens is 373 g/mol. The Labute approximate surface area is 161 Å². The normalized spacial score (nSPS) is 22.1. The summed E-state index contributed by atoms with van der Waals surface area (Å²) in [6.45, 7) is 1.17. The highest BCUT2D eigenvalue weighted by atomic mass is 19.1. The second kappa shape index (κ2) is 8.66. The van der Waals surface area contributed by atoms with Crippen molar-refractivity contribution in [2.45, 2.75) is 43.7 Å². The number of hydrogen-bond acceptors (Lipinski definition) is 5. The van der Waals surface area contributed by atoms with E-state index in [4.69, 9.17) is 9.47 Å². The quantitative estimate of drug-likeness (QED) is 0.637. The van der Waals surface area contributed by atoms with Crippen molar-refractivity contribution in [2.24, 2.45) is 0 Å². The highest BCUT2D eigenvalue weighted by Gasteiger charge is 2.49. The molecule has 3 unspecified atom stereocenters. The Morgan fingerprint density at radius 2 is 1.93 bits per heavy atom. The van der Waals surface area contributed by atoms with Crippen molar-refractivity contribution in [3.8, 4) is 0 Å². The van der Waals surface area contributed by atoms with E-state index in [9.17, 15) is 29.0 Å². The molecule has 3 atom stereocenters. The first-order valence-corrected chi connectivity index (χ1v) is 8.77. The van der Waals surface area contributed by atoms with Gasteiger partial charge in [0, 0.05) is 32.5 Å². The molecule has 1 aromatic rings. The largest absolute Gasteiger partial charge is 0.479 e. The molecule has 0 bridgehead atoms. The summed E-state index contributed by atoms with van der Waals surface area (Å²) in [5.41, 5.74) is -1.98. The molecule has 0 aromatic heterocycles. The van der Waals surface area contributed by atoms with Crippen LogP contribution in [0.5, 0.6) is 0 Å². The molecule has 8 nitrogen and oxygen atoms in total. The molecule has 1 amide bonds. The van der Waals surface area contributed by atoms with Gasteiger partial charge in [0.1, 0.15) is 6.17 Å². The number of carbonyl (C=O) groups is 3. The van der Waals surface area contributed by atoms with Gasteiger partial charge < -0.3 is 24.6 Å². The third kappa shape index (κ3) is 4.66. The van der Waals surface area contributed by atoms with Gasteiger partial charge in [-0.15, -0.1) is 0 Å². The standard InChI is InChI=1S/C19H24FNO7/c1-11-15(20)8-14(28-11)10-27-19(17(23)24,18(25)26)9-12-5-4-6-13(7-12)16(22)21(2)3/h4-7,11,14-15H,8-10H2,1-3H3,(H,23,24)(H,25,26). The van der Waals surface area contributed by atoms with Gasteiger partial charge in [-0.25, -0.2) is 14.0 Å². The van der Waals surface area contributed by atoms with Gasteiger partial charge in [-0.3, -0.25) is 4.79 Å². The minimum absolute atomic E-state index is 0.00328. The van der Waals surface area contributed by atoms with E-state index in [1.54, 1.807) is 27.1 Å². The Morgan fingerprint density at radius 1 is 1.29 bits per heavy atom. The molecule has 2 N–H and O–H groups in total. The fraction of sp³-hybridized carbons (Fsp3) is 0.526. The molecule has 0 aliphatic carbocycles. The van der Waals surface area contributed by atoms with Crippen molar-refractivity contribution in [1.29, 1.82) is 0 Å². The average molecular weight is 397 g/mol. The molecule has 1 heterocycles. The maximum absolute atomic E-state index is 13.6. The Morgan fingerprint density at radius 3 is 2.43 bits per heavy atom. The van der Waals surface area contributed by atoms with E-state index in [0.717, 1.165) is 0 Å². The van der Waals surface area contributed by atoms with E-state index in [1.165, 1.54) is 23.1 Å². The molecule has 0 spiro atoms. The first-order chi connectivity index (χ1) is 13.1. The lowest BCUT2D eigenvalue weighted by molar-refractivity contribution is -0.187. The lowest BCUT2D eigenvalue weighted by Gasteiger charge is -2.27.